The minimum absolute atomic E-state index is 0.201. The standard InChI is InChI=1S/C9H12N4O2/c1-6-3-8(13-12-6)15-9-11-7(4-10-2)5-14-9/h3,5,10H,4H2,1-2H3,(H,12,13). The number of nitrogens with zero attached hydrogens (tertiary/aromatic N) is 2. The Morgan fingerprint density at radius 2 is 2.47 bits per heavy atom. The molecule has 80 valence electrons. The van der Waals surface area contributed by atoms with Crippen LogP contribution in [-0.2, 0) is 6.54 Å². The molecule has 0 radical (unpaired) electrons. The van der Waals surface area contributed by atoms with Crippen LogP contribution in [0, 0.1) is 6.92 Å². The quantitative estimate of drug-likeness (QED) is 0.790. The number of aromatic nitrogens is 3. The highest BCUT2D eigenvalue weighted by atomic mass is 16.6. The largest absolute Gasteiger partial charge is 0.417 e. The Balaban J connectivity index is 2.04. The van der Waals surface area contributed by atoms with Crippen LogP contribution in [-0.4, -0.2) is 22.2 Å². The molecule has 0 saturated heterocycles. The van der Waals surface area contributed by atoms with E-state index in [2.05, 4.69) is 20.5 Å². The van der Waals surface area contributed by atoms with Crippen LogP contribution in [0.3, 0.4) is 0 Å². The number of H-pyrrole nitrogens is 1. The van der Waals surface area contributed by atoms with Crippen molar-refractivity contribution in [3.8, 4) is 12.0 Å². The molecule has 6 heteroatoms. The van der Waals surface area contributed by atoms with E-state index in [9.17, 15) is 0 Å². The molecular weight excluding hydrogens is 196 g/mol. The highest BCUT2D eigenvalue weighted by Crippen LogP contribution is 2.18. The average Bonchev–Trinajstić information content (AvgIpc) is 2.78. The summed E-state index contributed by atoms with van der Waals surface area (Å²) >= 11 is 0. The summed E-state index contributed by atoms with van der Waals surface area (Å²) in [4.78, 5) is 4.10. The molecule has 2 aromatic rings. The number of oxazole rings is 1. The van der Waals surface area contributed by atoms with Crippen molar-refractivity contribution in [1.29, 1.82) is 0 Å². The normalized spacial score (nSPS) is 10.5. The van der Waals surface area contributed by atoms with E-state index < -0.39 is 0 Å². The van der Waals surface area contributed by atoms with Crippen molar-refractivity contribution in [3.05, 3.63) is 23.7 Å². The Morgan fingerprint density at radius 1 is 1.60 bits per heavy atom. The van der Waals surface area contributed by atoms with E-state index >= 15 is 0 Å². The molecule has 0 unspecified atom stereocenters. The van der Waals surface area contributed by atoms with E-state index in [-0.39, 0.29) is 6.08 Å². The van der Waals surface area contributed by atoms with Gasteiger partial charge in [-0.05, 0) is 14.0 Å². The molecular formula is C9H12N4O2. The summed E-state index contributed by atoms with van der Waals surface area (Å²) < 4.78 is 10.4. The Kier molecular flexibility index (Phi) is 2.68. The topological polar surface area (TPSA) is 76.0 Å². The molecule has 0 amide bonds. The van der Waals surface area contributed by atoms with E-state index in [1.807, 2.05) is 14.0 Å². The number of aryl methyl sites for hydroxylation is 1. The van der Waals surface area contributed by atoms with Gasteiger partial charge in [-0.25, -0.2) is 0 Å². The minimum Gasteiger partial charge on any atom is -0.417 e. The molecule has 2 heterocycles. The van der Waals surface area contributed by atoms with Crippen molar-refractivity contribution in [3.63, 3.8) is 0 Å². The van der Waals surface area contributed by atoms with Crippen LogP contribution in [0.4, 0.5) is 0 Å². The van der Waals surface area contributed by atoms with Gasteiger partial charge in [0.1, 0.15) is 6.26 Å². The van der Waals surface area contributed by atoms with Crippen molar-refractivity contribution in [2.45, 2.75) is 13.5 Å². The van der Waals surface area contributed by atoms with Crippen LogP contribution in [0.15, 0.2) is 16.7 Å². The van der Waals surface area contributed by atoms with Crippen LogP contribution in [0.1, 0.15) is 11.4 Å². The molecule has 0 aliphatic rings. The Bertz CT molecular complexity index is 435. The van der Waals surface area contributed by atoms with Gasteiger partial charge in [-0.3, -0.25) is 5.10 Å². The third-order valence-electron chi connectivity index (χ3n) is 1.76. The molecule has 0 aliphatic carbocycles. The lowest BCUT2D eigenvalue weighted by Crippen LogP contribution is -2.04. The monoisotopic (exact) mass is 208 g/mol. The highest BCUT2D eigenvalue weighted by Gasteiger charge is 2.07. The molecule has 0 bridgehead atoms. The lowest BCUT2D eigenvalue weighted by molar-refractivity contribution is 0.321. The number of rotatable bonds is 4. The van der Waals surface area contributed by atoms with Crippen LogP contribution in [0.2, 0.25) is 0 Å². The lowest BCUT2D eigenvalue weighted by atomic mass is 10.5. The van der Waals surface area contributed by atoms with Crippen molar-refractivity contribution in [2.75, 3.05) is 7.05 Å². The van der Waals surface area contributed by atoms with Crippen LogP contribution in [0.5, 0.6) is 12.0 Å². The van der Waals surface area contributed by atoms with E-state index in [0.717, 1.165) is 11.4 Å². The Hall–Kier alpha value is -1.82. The lowest BCUT2D eigenvalue weighted by Gasteiger charge is -1.92. The second kappa shape index (κ2) is 4.14. The second-order valence-corrected chi connectivity index (χ2v) is 3.13. The van der Waals surface area contributed by atoms with E-state index in [0.29, 0.717) is 12.4 Å². The summed E-state index contributed by atoms with van der Waals surface area (Å²) in [6.45, 7) is 2.54. The van der Waals surface area contributed by atoms with Crippen LogP contribution >= 0.6 is 0 Å². The Morgan fingerprint density at radius 3 is 3.13 bits per heavy atom. The molecule has 2 N–H and O–H groups in total. The first-order chi connectivity index (χ1) is 7.28. The van der Waals surface area contributed by atoms with Gasteiger partial charge in [-0.1, -0.05) is 0 Å². The predicted octanol–water partition coefficient (Wildman–Crippen LogP) is 1.22. The van der Waals surface area contributed by atoms with Crippen LogP contribution in [0.25, 0.3) is 0 Å². The minimum atomic E-state index is 0.201. The molecule has 2 aromatic heterocycles. The van der Waals surface area contributed by atoms with Gasteiger partial charge in [0, 0.05) is 18.3 Å². The predicted molar refractivity (Wildman–Crippen MR) is 52.7 cm³/mol. The smallest absolute Gasteiger partial charge is 0.400 e. The zero-order valence-corrected chi connectivity index (χ0v) is 8.57. The fourth-order valence-corrected chi connectivity index (χ4v) is 1.13. The number of ether oxygens (including phenoxy) is 1. The second-order valence-electron chi connectivity index (χ2n) is 3.13. The van der Waals surface area contributed by atoms with E-state index in [4.69, 9.17) is 9.15 Å². The third kappa shape index (κ3) is 2.35. The van der Waals surface area contributed by atoms with Gasteiger partial charge in [-0.15, -0.1) is 5.10 Å². The van der Waals surface area contributed by atoms with Crippen molar-refractivity contribution >= 4 is 0 Å². The first-order valence-electron chi connectivity index (χ1n) is 4.57. The maximum absolute atomic E-state index is 5.28. The van der Waals surface area contributed by atoms with Gasteiger partial charge >= 0.3 is 6.08 Å². The van der Waals surface area contributed by atoms with E-state index in [1.54, 1.807) is 12.3 Å². The summed E-state index contributed by atoms with van der Waals surface area (Å²) in [5, 5.41) is 9.63. The van der Waals surface area contributed by atoms with Gasteiger partial charge in [-0.2, -0.15) is 4.98 Å². The fourth-order valence-electron chi connectivity index (χ4n) is 1.13. The average molecular weight is 208 g/mol. The van der Waals surface area contributed by atoms with Gasteiger partial charge < -0.3 is 14.5 Å². The zero-order valence-electron chi connectivity index (χ0n) is 8.57. The molecule has 6 nitrogen and oxygen atoms in total. The molecule has 0 saturated carbocycles. The van der Waals surface area contributed by atoms with Gasteiger partial charge in [0.05, 0.1) is 5.69 Å². The summed E-state index contributed by atoms with van der Waals surface area (Å²) in [5.41, 5.74) is 1.71. The maximum atomic E-state index is 5.28. The van der Waals surface area contributed by atoms with Crippen molar-refractivity contribution < 1.29 is 9.15 Å². The van der Waals surface area contributed by atoms with Gasteiger partial charge in [0.15, 0.2) is 0 Å². The number of aromatic amines is 1. The Labute approximate surface area is 86.7 Å². The molecule has 0 fully saturated rings. The molecule has 15 heavy (non-hydrogen) atoms. The number of nitrogens with one attached hydrogen (secondary N) is 2. The maximum Gasteiger partial charge on any atom is 0.400 e. The summed E-state index contributed by atoms with van der Waals surface area (Å²) in [6, 6.07) is 1.77. The zero-order chi connectivity index (χ0) is 10.7. The van der Waals surface area contributed by atoms with Crippen LogP contribution < -0.4 is 10.1 Å². The SMILES string of the molecule is CNCc1coc(Oc2cc(C)[nH]n2)n1. The molecule has 2 rings (SSSR count). The number of hydrogen-bond acceptors (Lipinski definition) is 5. The summed E-state index contributed by atoms with van der Waals surface area (Å²) in [5.74, 6) is 0.449. The fraction of sp³-hybridized carbons (Fsp3) is 0.333. The first-order valence-corrected chi connectivity index (χ1v) is 4.57. The summed E-state index contributed by atoms with van der Waals surface area (Å²) in [7, 11) is 1.84. The molecule has 0 aromatic carbocycles. The van der Waals surface area contributed by atoms with Gasteiger partial charge in [0.25, 0.3) is 0 Å². The molecule has 0 spiro atoms. The number of hydrogen-bond donors (Lipinski definition) is 2. The molecule has 0 aliphatic heterocycles. The van der Waals surface area contributed by atoms with Crippen molar-refractivity contribution in [2.24, 2.45) is 0 Å². The molecule has 0 atom stereocenters. The third-order valence-corrected chi connectivity index (χ3v) is 1.76. The van der Waals surface area contributed by atoms with E-state index in [1.165, 1.54) is 0 Å². The first kappa shape index (κ1) is 9.72. The summed E-state index contributed by atoms with van der Waals surface area (Å²) in [6.07, 6.45) is 1.75. The van der Waals surface area contributed by atoms with Gasteiger partial charge in [0.2, 0.25) is 5.88 Å². The highest BCUT2D eigenvalue weighted by molar-refractivity contribution is 5.16. The van der Waals surface area contributed by atoms with Crippen molar-refractivity contribution in [1.82, 2.24) is 20.5 Å².